The Labute approximate surface area is 172 Å². The molecule has 0 aliphatic carbocycles. The van der Waals surface area contributed by atoms with Gasteiger partial charge in [-0.2, -0.15) is 0 Å². The van der Waals surface area contributed by atoms with Crippen molar-refractivity contribution < 1.29 is 9.21 Å². The maximum Gasteiger partial charge on any atom is 0.277 e. The highest BCUT2D eigenvalue weighted by molar-refractivity contribution is 8.00. The average Bonchev–Trinajstić information content (AvgIpc) is 3.39. The number of aromatic amines is 1. The van der Waals surface area contributed by atoms with Gasteiger partial charge in [-0.15, -0.1) is 10.2 Å². The van der Waals surface area contributed by atoms with E-state index in [4.69, 9.17) is 4.42 Å². The summed E-state index contributed by atoms with van der Waals surface area (Å²) in [5.74, 6) is 0.549. The number of nitrogens with zero attached hydrogens (tertiary/aromatic N) is 3. The van der Waals surface area contributed by atoms with Crippen molar-refractivity contribution in [2.75, 3.05) is 6.54 Å². The van der Waals surface area contributed by atoms with E-state index in [9.17, 15) is 4.79 Å². The summed E-state index contributed by atoms with van der Waals surface area (Å²) in [4.78, 5) is 18.1. The van der Waals surface area contributed by atoms with Gasteiger partial charge in [0.1, 0.15) is 0 Å². The van der Waals surface area contributed by atoms with E-state index >= 15 is 0 Å². The lowest BCUT2D eigenvalue weighted by Gasteiger charge is -2.30. The Morgan fingerprint density at radius 3 is 2.83 bits per heavy atom. The fourth-order valence-corrected chi connectivity index (χ4v) is 4.52. The number of hydrogen-bond acceptors (Lipinski definition) is 5. The molecule has 0 fully saturated rings. The first-order valence-electron chi connectivity index (χ1n) is 9.61. The van der Waals surface area contributed by atoms with Crippen molar-refractivity contribution in [1.82, 2.24) is 20.1 Å². The van der Waals surface area contributed by atoms with Crippen molar-refractivity contribution in [2.45, 2.75) is 30.4 Å². The Bertz CT molecular complexity index is 1180. The molecule has 1 aliphatic heterocycles. The Kier molecular flexibility index (Phi) is 4.60. The normalized spacial score (nSPS) is 14.7. The monoisotopic (exact) mass is 404 g/mol. The summed E-state index contributed by atoms with van der Waals surface area (Å²) in [7, 11) is 0. The van der Waals surface area contributed by atoms with Crippen LogP contribution < -0.4 is 0 Å². The molecule has 29 heavy (non-hydrogen) atoms. The number of thioether (sulfide) groups is 1. The third-order valence-electron chi connectivity index (χ3n) is 5.29. The molecule has 0 unspecified atom stereocenters. The van der Waals surface area contributed by atoms with Crippen molar-refractivity contribution in [3.63, 3.8) is 0 Å². The van der Waals surface area contributed by atoms with Crippen LogP contribution in [0.2, 0.25) is 0 Å². The van der Waals surface area contributed by atoms with E-state index in [0.29, 0.717) is 17.7 Å². The molecule has 146 valence electrons. The van der Waals surface area contributed by atoms with Crippen LogP contribution in [0.1, 0.15) is 18.1 Å². The van der Waals surface area contributed by atoms with Gasteiger partial charge in [0.05, 0.1) is 10.8 Å². The zero-order valence-corrected chi connectivity index (χ0v) is 16.8. The van der Waals surface area contributed by atoms with Crippen LogP contribution in [0.5, 0.6) is 0 Å². The van der Waals surface area contributed by atoms with Crippen LogP contribution in [-0.4, -0.2) is 37.8 Å². The number of para-hydroxylation sites is 1. The minimum Gasteiger partial charge on any atom is -0.411 e. The van der Waals surface area contributed by atoms with E-state index in [-0.39, 0.29) is 11.2 Å². The van der Waals surface area contributed by atoms with Crippen molar-refractivity contribution in [3.05, 3.63) is 65.9 Å². The zero-order valence-electron chi connectivity index (χ0n) is 16.0. The number of H-pyrrole nitrogens is 1. The van der Waals surface area contributed by atoms with Crippen LogP contribution in [0.15, 0.2) is 64.4 Å². The van der Waals surface area contributed by atoms with Crippen LogP contribution in [0.3, 0.4) is 0 Å². The number of carbonyl (C=O) groups is 1. The van der Waals surface area contributed by atoms with Gasteiger partial charge in [0.15, 0.2) is 0 Å². The fourth-order valence-electron chi connectivity index (χ4n) is 3.76. The summed E-state index contributed by atoms with van der Waals surface area (Å²) in [5, 5.41) is 9.47. The van der Waals surface area contributed by atoms with E-state index < -0.39 is 0 Å². The molecule has 6 nitrogen and oxygen atoms in total. The first kappa shape index (κ1) is 18.0. The predicted octanol–water partition coefficient (Wildman–Crippen LogP) is 4.28. The van der Waals surface area contributed by atoms with Crippen molar-refractivity contribution in [1.29, 1.82) is 0 Å². The quantitative estimate of drug-likeness (QED) is 0.514. The molecule has 1 N–H and O–H groups in total. The smallest absolute Gasteiger partial charge is 0.277 e. The molecule has 1 aliphatic rings. The number of carbonyl (C=O) groups excluding carboxylic acids is 1. The third kappa shape index (κ3) is 3.42. The number of rotatable bonds is 4. The highest BCUT2D eigenvalue weighted by Gasteiger charge is 2.27. The summed E-state index contributed by atoms with van der Waals surface area (Å²) in [5.41, 5.74) is 4.44. The zero-order chi connectivity index (χ0) is 19.8. The lowest BCUT2D eigenvalue weighted by Crippen LogP contribution is -2.40. The van der Waals surface area contributed by atoms with Crippen molar-refractivity contribution in [3.8, 4) is 11.5 Å². The van der Waals surface area contributed by atoms with Gasteiger partial charge >= 0.3 is 0 Å². The topological polar surface area (TPSA) is 75.0 Å². The minimum atomic E-state index is -0.295. The third-order valence-corrected chi connectivity index (χ3v) is 6.22. The Hall–Kier alpha value is -3.06. The molecule has 0 radical (unpaired) electrons. The van der Waals surface area contributed by atoms with E-state index in [1.807, 2.05) is 48.4 Å². The molecule has 0 saturated carbocycles. The molecule has 0 bridgehead atoms. The maximum atomic E-state index is 12.9. The molecule has 5 rings (SSSR count). The molecular weight excluding hydrogens is 384 g/mol. The van der Waals surface area contributed by atoms with Gasteiger partial charge in [-0.05, 0) is 30.5 Å². The first-order chi connectivity index (χ1) is 14.2. The van der Waals surface area contributed by atoms with Crippen LogP contribution >= 0.6 is 11.8 Å². The van der Waals surface area contributed by atoms with Gasteiger partial charge in [0.25, 0.3) is 11.1 Å². The van der Waals surface area contributed by atoms with E-state index in [0.717, 1.165) is 29.4 Å². The van der Waals surface area contributed by atoms with Crippen molar-refractivity contribution in [2.24, 2.45) is 0 Å². The molecule has 0 spiro atoms. The lowest BCUT2D eigenvalue weighted by atomic mass is 10.00. The standard InChI is InChI=1S/C22H20N4O2S/c1-14(21(27)26-11-10-15-6-2-3-7-16(15)13-26)29-22-25-24-20(28-22)18-12-23-19-9-5-4-8-17(18)19/h2-9,12,14,23H,10-11,13H2,1H3/t14-/m1/s1. The second kappa shape index (κ2) is 7.40. The van der Waals surface area contributed by atoms with E-state index in [1.54, 1.807) is 0 Å². The molecule has 1 atom stereocenters. The molecule has 1 amide bonds. The Morgan fingerprint density at radius 2 is 1.93 bits per heavy atom. The van der Waals surface area contributed by atoms with Crippen LogP contribution in [0.25, 0.3) is 22.4 Å². The highest BCUT2D eigenvalue weighted by atomic mass is 32.2. The van der Waals surface area contributed by atoms with Gasteiger partial charge in [0, 0.05) is 30.2 Å². The number of fused-ring (bicyclic) bond motifs is 2. The second-order valence-electron chi connectivity index (χ2n) is 7.16. The highest BCUT2D eigenvalue weighted by Crippen LogP contribution is 2.31. The largest absolute Gasteiger partial charge is 0.411 e. The molecular formula is C22H20N4O2S. The van der Waals surface area contributed by atoms with Crippen LogP contribution in [0.4, 0.5) is 0 Å². The van der Waals surface area contributed by atoms with Crippen molar-refractivity contribution >= 4 is 28.6 Å². The SMILES string of the molecule is C[C@@H](Sc1nnc(-c2c[nH]c3ccccc23)o1)C(=O)N1CCc2ccccc2C1. The number of amides is 1. The second-order valence-corrected chi connectivity index (χ2v) is 8.45. The number of aromatic nitrogens is 3. The molecule has 0 saturated heterocycles. The first-order valence-corrected chi connectivity index (χ1v) is 10.5. The number of hydrogen-bond donors (Lipinski definition) is 1. The summed E-state index contributed by atoms with van der Waals surface area (Å²) < 4.78 is 5.85. The van der Waals surface area contributed by atoms with Gasteiger partial charge in [-0.1, -0.05) is 54.2 Å². The molecule has 2 aromatic heterocycles. The van der Waals surface area contributed by atoms with Gasteiger partial charge in [-0.25, -0.2) is 0 Å². The number of benzene rings is 2. The maximum absolute atomic E-state index is 12.9. The summed E-state index contributed by atoms with van der Waals surface area (Å²) in [6.07, 6.45) is 2.76. The Morgan fingerprint density at radius 1 is 1.14 bits per heavy atom. The molecule has 2 aromatic carbocycles. The van der Waals surface area contributed by atoms with E-state index in [2.05, 4.69) is 33.4 Å². The van der Waals surface area contributed by atoms with Gasteiger partial charge in [0.2, 0.25) is 5.91 Å². The van der Waals surface area contributed by atoms with Gasteiger partial charge in [-0.3, -0.25) is 4.79 Å². The predicted molar refractivity (Wildman–Crippen MR) is 112 cm³/mol. The molecule has 4 aromatic rings. The van der Waals surface area contributed by atoms with Gasteiger partial charge < -0.3 is 14.3 Å². The average molecular weight is 404 g/mol. The summed E-state index contributed by atoms with van der Waals surface area (Å²) >= 11 is 1.31. The van der Waals surface area contributed by atoms with Crippen LogP contribution in [0, 0.1) is 0 Å². The fraction of sp³-hybridized carbons (Fsp3) is 0.227. The van der Waals surface area contributed by atoms with Crippen LogP contribution in [-0.2, 0) is 17.8 Å². The molecule has 3 heterocycles. The minimum absolute atomic E-state index is 0.0938. The van der Waals surface area contributed by atoms with E-state index in [1.165, 1.54) is 22.9 Å². The number of nitrogens with one attached hydrogen (secondary N) is 1. The Balaban J connectivity index is 1.29. The summed E-state index contributed by atoms with van der Waals surface area (Å²) in [6, 6.07) is 16.3. The summed E-state index contributed by atoms with van der Waals surface area (Å²) in [6.45, 7) is 3.29. The molecule has 7 heteroatoms. The lowest BCUT2D eigenvalue weighted by molar-refractivity contribution is -0.131.